The number of sulfonamides is 1. The molecule has 0 aliphatic carbocycles. The number of amides is 2. The van der Waals surface area contributed by atoms with Crippen LogP contribution < -0.4 is 10.6 Å². The molecule has 144 valence electrons. The Morgan fingerprint density at radius 1 is 1.23 bits per heavy atom. The Hall–Kier alpha value is -1.68. The van der Waals surface area contributed by atoms with E-state index in [1.54, 1.807) is 0 Å². The Morgan fingerprint density at radius 2 is 1.88 bits per heavy atom. The molecule has 0 radical (unpaired) electrons. The Labute approximate surface area is 157 Å². The maximum atomic E-state index is 12.8. The standard InChI is InChI=1S/C16H22ClN3O5S/c1-2-8-18-15(21)16(22)19-11-14-20(9-3-10-25-14)26(23,24)13-6-4-12(17)5-7-13/h4-7,14H,2-3,8-11H2,1H3,(H,18,21)(H,19,22). The topological polar surface area (TPSA) is 105 Å². The van der Waals surface area contributed by atoms with Crippen LogP contribution in [-0.2, 0) is 24.3 Å². The molecule has 1 unspecified atom stereocenters. The number of carbonyl (C=O) groups excluding carboxylic acids is 2. The van der Waals surface area contributed by atoms with Crippen LogP contribution in [0.1, 0.15) is 19.8 Å². The van der Waals surface area contributed by atoms with Gasteiger partial charge in [-0.05, 0) is 37.1 Å². The molecule has 1 aliphatic heterocycles. The van der Waals surface area contributed by atoms with Crippen molar-refractivity contribution in [1.82, 2.24) is 14.9 Å². The first-order valence-corrected chi connectivity index (χ1v) is 10.1. The van der Waals surface area contributed by atoms with E-state index in [1.165, 1.54) is 28.6 Å². The van der Waals surface area contributed by atoms with Crippen LogP contribution in [0.25, 0.3) is 0 Å². The van der Waals surface area contributed by atoms with Gasteiger partial charge < -0.3 is 15.4 Å². The second-order valence-electron chi connectivity index (χ2n) is 5.71. The lowest BCUT2D eigenvalue weighted by Crippen LogP contribution is -2.53. The van der Waals surface area contributed by atoms with E-state index < -0.39 is 28.1 Å². The van der Waals surface area contributed by atoms with Gasteiger partial charge in [0, 0.05) is 18.1 Å². The molecule has 0 aromatic heterocycles. The molecular formula is C16H22ClN3O5S. The molecule has 8 nitrogen and oxygen atoms in total. The van der Waals surface area contributed by atoms with E-state index in [1.807, 2.05) is 6.92 Å². The molecule has 2 N–H and O–H groups in total. The molecule has 1 saturated heterocycles. The molecule has 1 atom stereocenters. The Balaban J connectivity index is 2.06. The highest BCUT2D eigenvalue weighted by Crippen LogP contribution is 2.23. The van der Waals surface area contributed by atoms with Crippen molar-refractivity contribution >= 4 is 33.4 Å². The molecule has 2 rings (SSSR count). The van der Waals surface area contributed by atoms with Crippen LogP contribution >= 0.6 is 11.6 Å². The van der Waals surface area contributed by atoms with E-state index in [0.29, 0.717) is 31.0 Å². The van der Waals surface area contributed by atoms with E-state index in [4.69, 9.17) is 16.3 Å². The fourth-order valence-electron chi connectivity index (χ4n) is 2.42. The average Bonchev–Trinajstić information content (AvgIpc) is 2.64. The van der Waals surface area contributed by atoms with Crippen molar-refractivity contribution in [1.29, 1.82) is 0 Å². The second kappa shape index (κ2) is 9.31. The lowest BCUT2D eigenvalue weighted by atomic mass is 10.3. The Morgan fingerprint density at radius 3 is 2.54 bits per heavy atom. The van der Waals surface area contributed by atoms with E-state index in [0.717, 1.165) is 0 Å². The first-order valence-electron chi connectivity index (χ1n) is 8.31. The fraction of sp³-hybridized carbons (Fsp3) is 0.500. The zero-order valence-electron chi connectivity index (χ0n) is 14.4. The van der Waals surface area contributed by atoms with Gasteiger partial charge in [0.05, 0.1) is 18.0 Å². The van der Waals surface area contributed by atoms with Crippen LogP contribution in [0.3, 0.4) is 0 Å². The highest BCUT2D eigenvalue weighted by atomic mass is 35.5. The summed E-state index contributed by atoms with van der Waals surface area (Å²) in [6, 6.07) is 5.82. The van der Waals surface area contributed by atoms with Gasteiger partial charge in [0.1, 0.15) is 6.23 Å². The van der Waals surface area contributed by atoms with E-state index in [-0.39, 0.29) is 18.0 Å². The minimum Gasteiger partial charge on any atom is -0.360 e. The van der Waals surface area contributed by atoms with Gasteiger partial charge in [-0.2, -0.15) is 4.31 Å². The van der Waals surface area contributed by atoms with Gasteiger partial charge in [0.15, 0.2) is 0 Å². The first-order chi connectivity index (χ1) is 12.4. The van der Waals surface area contributed by atoms with Gasteiger partial charge >= 0.3 is 11.8 Å². The number of benzene rings is 1. The van der Waals surface area contributed by atoms with Crippen LogP contribution in [0.5, 0.6) is 0 Å². The molecule has 0 bridgehead atoms. The molecular weight excluding hydrogens is 382 g/mol. The number of halogens is 1. The lowest BCUT2D eigenvalue weighted by Gasteiger charge is -2.34. The zero-order chi connectivity index (χ0) is 19.2. The number of hydrogen-bond donors (Lipinski definition) is 2. The summed E-state index contributed by atoms with van der Waals surface area (Å²) in [5, 5.41) is 5.31. The summed E-state index contributed by atoms with van der Waals surface area (Å²) in [5.74, 6) is -1.58. The van der Waals surface area contributed by atoms with Gasteiger partial charge in [-0.1, -0.05) is 18.5 Å². The summed E-state index contributed by atoms with van der Waals surface area (Å²) in [6.07, 6.45) is 0.360. The molecule has 1 heterocycles. The third kappa shape index (κ3) is 5.16. The Bertz CT molecular complexity index is 739. The predicted molar refractivity (Wildman–Crippen MR) is 96.0 cm³/mol. The van der Waals surface area contributed by atoms with Crippen LogP contribution in [0.2, 0.25) is 5.02 Å². The third-order valence-corrected chi connectivity index (χ3v) is 5.91. The first kappa shape index (κ1) is 20.6. The van der Waals surface area contributed by atoms with Crippen molar-refractivity contribution in [3.05, 3.63) is 29.3 Å². The number of nitrogens with zero attached hydrogens (tertiary/aromatic N) is 1. The van der Waals surface area contributed by atoms with Gasteiger partial charge in [-0.15, -0.1) is 0 Å². The number of nitrogens with one attached hydrogen (secondary N) is 2. The van der Waals surface area contributed by atoms with Crippen molar-refractivity contribution in [2.24, 2.45) is 0 Å². The third-order valence-electron chi connectivity index (χ3n) is 3.75. The molecule has 1 aliphatic rings. The van der Waals surface area contributed by atoms with Crippen LogP contribution in [0, 0.1) is 0 Å². The zero-order valence-corrected chi connectivity index (χ0v) is 16.0. The maximum absolute atomic E-state index is 12.8. The van der Waals surface area contributed by atoms with Gasteiger partial charge in [0.25, 0.3) is 0 Å². The van der Waals surface area contributed by atoms with E-state index >= 15 is 0 Å². The molecule has 1 aromatic rings. The summed E-state index contributed by atoms with van der Waals surface area (Å²) < 4.78 is 32.4. The highest BCUT2D eigenvalue weighted by Gasteiger charge is 2.34. The maximum Gasteiger partial charge on any atom is 0.309 e. The lowest BCUT2D eigenvalue weighted by molar-refractivity contribution is -0.140. The Kier molecular flexibility index (Phi) is 7.39. The monoisotopic (exact) mass is 403 g/mol. The molecule has 10 heteroatoms. The summed E-state index contributed by atoms with van der Waals surface area (Å²) in [6.45, 7) is 2.77. The predicted octanol–water partition coefficient (Wildman–Crippen LogP) is 0.720. The van der Waals surface area contributed by atoms with E-state index in [9.17, 15) is 18.0 Å². The van der Waals surface area contributed by atoms with Crippen molar-refractivity contribution in [2.75, 3.05) is 26.2 Å². The molecule has 1 aromatic carbocycles. The fourth-order valence-corrected chi connectivity index (χ4v) is 4.11. The highest BCUT2D eigenvalue weighted by molar-refractivity contribution is 7.89. The van der Waals surface area contributed by atoms with Crippen molar-refractivity contribution < 1.29 is 22.7 Å². The SMILES string of the molecule is CCCNC(=O)C(=O)NCC1OCCCN1S(=O)(=O)c1ccc(Cl)cc1. The van der Waals surface area contributed by atoms with Gasteiger partial charge in [0.2, 0.25) is 10.0 Å². The van der Waals surface area contributed by atoms with Crippen LogP contribution in [0.15, 0.2) is 29.2 Å². The summed E-state index contributed by atoms with van der Waals surface area (Å²) >= 11 is 5.81. The number of ether oxygens (including phenoxy) is 1. The van der Waals surface area contributed by atoms with E-state index in [2.05, 4.69) is 10.6 Å². The number of rotatable bonds is 6. The van der Waals surface area contributed by atoms with Crippen LogP contribution in [0.4, 0.5) is 0 Å². The molecule has 26 heavy (non-hydrogen) atoms. The normalized spacial score (nSPS) is 18.3. The molecule has 1 fully saturated rings. The summed E-state index contributed by atoms with van der Waals surface area (Å²) in [7, 11) is -3.81. The quantitative estimate of drug-likeness (QED) is 0.681. The molecule has 0 saturated carbocycles. The average molecular weight is 404 g/mol. The largest absolute Gasteiger partial charge is 0.360 e. The second-order valence-corrected chi connectivity index (χ2v) is 8.04. The van der Waals surface area contributed by atoms with Crippen molar-refractivity contribution in [3.8, 4) is 0 Å². The summed E-state index contributed by atoms with van der Waals surface area (Å²) in [4.78, 5) is 23.5. The van der Waals surface area contributed by atoms with Gasteiger partial charge in [-0.3, -0.25) is 9.59 Å². The number of carbonyl (C=O) groups is 2. The van der Waals surface area contributed by atoms with Crippen molar-refractivity contribution in [2.45, 2.75) is 30.9 Å². The smallest absolute Gasteiger partial charge is 0.309 e. The van der Waals surface area contributed by atoms with Crippen molar-refractivity contribution in [3.63, 3.8) is 0 Å². The minimum absolute atomic E-state index is 0.0874. The molecule has 2 amide bonds. The minimum atomic E-state index is -3.81. The van der Waals surface area contributed by atoms with Crippen LogP contribution in [-0.4, -0.2) is 57.0 Å². The van der Waals surface area contributed by atoms with Gasteiger partial charge in [-0.25, -0.2) is 8.42 Å². The molecule has 0 spiro atoms. The number of hydrogen-bond acceptors (Lipinski definition) is 5. The summed E-state index contributed by atoms with van der Waals surface area (Å²) in [5.41, 5.74) is 0.